The maximum absolute atomic E-state index is 5.41. The summed E-state index contributed by atoms with van der Waals surface area (Å²) in [6.07, 6.45) is 3.98. The fraction of sp³-hybridized carbons (Fsp3) is 0.692. The lowest BCUT2D eigenvalue weighted by atomic mass is 9.99. The van der Waals surface area contributed by atoms with E-state index < -0.39 is 0 Å². The summed E-state index contributed by atoms with van der Waals surface area (Å²) in [5.41, 5.74) is 0. The van der Waals surface area contributed by atoms with Gasteiger partial charge in [-0.1, -0.05) is 0 Å². The number of nitrogens with zero attached hydrogens (tertiary/aromatic N) is 3. The molecule has 1 aliphatic heterocycles. The summed E-state index contributed by atoms with van der Waals surface area (Å²) in [6, 6.07) is 1.92. The molecule has 5 heteroatoms. The molecule has 1 aliphatic rings. The van der Waals surface area contributed by atoms with E-state index >= 15 is 0 Å². The number of piperidine rings is 1. The Morgan fingerprint density at radius 1 is 1.44 bits per heavy atom. The normalized spacial score (nSPS) is 19.9. The topological polar surface area (TPSA) is 47.5 Å². The number of methoxy groups -OCH3 is 1. The molecule has 1 fully saturated rings. The van der Waals surface area contributed by atoms with Crippen molar-refractivity contribution < 1.29 is 9.47 Å². The minimum Gasteiger partial charge on any atom is -0.478 e. The SMILES string of the molecule is CCOc1cc(N2CCCC(COC)C2)ncn1. The fourth-order valence-electron chi connectivity index (χ4n) is 2.37. The van der Waals surface area contributed by atoms with Crippen molar-refractivity contribution in [3.63, 3.8) is 0 Å². The number of hydrogen-bond donors (Lipinski definition) is 0. The first kappa shape index (κ1) is 13.1. The number of hydrogen-bond acceptors (Lipinski definition) is 5. The average molecular weight is 251 g/mol. The fourth-order valence-corrected chi connectivity index (χ4v) is 2.37. The Balaban J connectivity index is 2.03. The van der Waals surface area contributed by atoms with Crippen LogP contribution in [0.1, 0.15) is 19.8 Å². The molecule has 0 N–H and O–H groups in total. The standard InChI is InChI=1S/C13H21N3O2/c1-3-18-13-7-12(14-10-15-13)16-6-4-5-11(8-16)9-17-2/h7,10-11H,3-6,8-9H2,1-2H3. The van der Waals surface area contributed by atoms with Gasteiger partial charge < -0.3 is 14.4 Å². The van der Waals surface area contributed by atoms with E-state index in [9.17, 15) is 0 Å². The highest BCUT2D eigenvalue weighted by Gasteiger charge is 2.21. The average Bonchev–Trinajstić information content (AvgIpc) is 2.40. The Morgan fingerprint density at radius 3 is 3.11 bits per heavy atom. The smallest absolute Gasteiger partial charge is 0.218 e. The van der Waals surface area contributed by atoms with Gasteiger partial charge in [-0.05, 0) is 25.7 Å². The zero-order valence-corrected chi connectivity index (χ0v) is 11.1. The summed E-state index contributed by atoms with van der Waals surface area (Å²) in [5.74, 6) is 2.19. The summed E-state index contributed by atoms with van der Waals surface area (Å²) >= 11 is 0. The quantitative estimate of drug-likeness (QED) is 0.797. The zero-order valence-electron chi connectivity index (χ0n) is 11.1. The van der Waals surface area contributed by atoms with Gasteiger partial charge in [0, 0.05) is 26.3 Å². The first-order valence-electron chi connectivity index (χ1n) is 6.52. The largest absolute Gasteiger partial charge is 0.478 e. The highest BCUT2D eigenvalue weighted by atomic mass is 16.5. The van der Waals surface area contributed by atoms with E-state index in [1.165, 1.54) is 12.8 Å². The molecule has 0 radical (unpaired) electrons. The summed E-state index contributed by atoms with van der Waals surface area (Å²) < 4.78 is 10.7. The van der Waals surface area contributed by atoms with E-state index in [0.29, 0.717) is 18.4 Å². The summed E-state index contributed by atoms with van der Waals surface area (Å²) in [5, 5.41) is 0. The lowest BCUT2D eigenvalue weighted by Crippen LogP contribution is -2.37. The number of aromatic nitrogens is 2. The van der Waals surface area contributed by atoms with E-state index in [1.54, 1.807) is 13.4 Å². The Hall–Kier alpha value is -1.36. The number of rotatable bonds is 5. The van der Waals surface area contributed by atoms with Gasteiger partial charge in [-0.25, -0.2) is 9.97 Å². The second kappa shape index (κ2) is 6.54. The van der Waals surface area contributed by atoms with Gasteiger partial charge in [-0.3, -0.25) is 0 Å². The first-order chi connectivity index (χ1) is 8.83. The van der Waals surface area contributed by atoms with Gasteiger partial charge in [0.15, 0.2) is 0 Å². The van der Waals surface area contributed by atoms with Crippen LogP contribution in [0.5, 0.6) is 5.88 Å². The molecule has 100 valence electrons. The Morgan fingerprint density at radius 2 is 2.33 bits per heavy atom. The second-order valence-electron chi connectivity index (χ2n) is 4.56. The maximum atomic E-state index is 5.41. The molecule has 1 aromatic heterocycles. The van der Waals surface area contributed by atoms with Crippen LogP contribution in [0.15, 0.2) is 12.4 Å². The predicted molar refractivity (Wildman–Crippen MR) is 70.0 cm³/mol. The molecule has 18 heavy (non-hydrogen) atoms. The van der Waals surface area contributed by atoms with Crippen LogP contribution in [-0.4, -0.2) is 43.4 Å². The summed E-state index contributed by atoms with van der Waals surface area (Å²) in [7, 11) is 1.76. The summed E-state index contributed by atoms with van der Waals surface area (Å²) in [4.78, 5) is 10.7. The molecular weight excluding hydrogens is 230 g/mol. The highest BCUT2D eigenvalue weighted by Crippen LogP contribution is 2.23. The van der Waals surface area contributed by atoms with E-state index in [0.717, 1.165) is 25.5 Å². The van der Waals surface area contributed by atoms with Crippen molar-refractivity contribution in [1.82, 2.24) is 9.97 Å². The number of anilines is 1. The Bertz CT molecular complexity index is 371. The Kier molecular flexibility index (Phi) is 4.75. The molecule has 5 nitrogen and oxygen atoms in total. The zero-order chi connectivity index (χ0) is 12.8. The van der Waals surface area contributed by atoms with Crippen molar-refractivity contribution in [1.29, 1.82) is 0 Å². The van der Waals surface area contributed by atoms with Gasteiger partial charge >= 0.3 is 0 Å². The molecule has 0 saturated carbocycles. The third-order valence-electron chi connectivity index (χ3n) is 3.17. The van der Waals surface area contributed by atoms with E-state index in [-0.39, 0.29) is 0 Å². The highest BCUT2D eigenvalue weighted by molar-refractivity contribution is 5.41. The molecule has 0 spiro atoms. The van der Waals surface area contributed by atoms with E-state index in [2.05, 4.69) is 14.9 Å². The van der Waals surface area contributed by atoms with Crippen molar-refractivity contribution in [2.45, 2.75) is 19.8 Å². The molecule has 1 unspecified atom stereocenters. The van der Waals surface area contributed by atoms with Crippen molar-refractivity contribution in [2.24, 2.45) is 5.92 Å². The van der Waals surface area contributed by atoms with Crippen LogP contribution in [0.4, 0.5) is 5.82 Å². The molecule has 2 heterocycles. The van der Waals surface area contributed by atoms with Crippen molar-refractivity contribution in [3.8, 4) is 5.88 Å². The van der Waals surface area contributed by atoms with Gasteiger partial charge in [-0.2, -0.15) is 0 Å². The molecule has 0 bridgehead atoms. The van der Waals surface area contributed by atoms with E-state index in [4.69, 9.17) is 9.47 Å². The van der Waals surface area contributed by atoms with Crippen LogP contribution in [0, 0.1) is 5.92 Å². The second-order valence-corrected chi connectivity index (χ2v) is 4.56. The molecule has 0 aromatic carbocycles. The van der Waals surface area contributed by atoms with Crippen LogP contribution < -0.4 is 9.64 Å². The van der Waals surface area contributed by atoms with Crippen LogP contribution in [-0.2, 0) is 4.74 Å². The molecule has 1 saturated heterocycles. The lowest BCUT2D eigenvalue weighted by Gasteiger charge is -2.33. The number of ether oxygens (including phenoxy) is 2. The molecule has 1 atom stereocenters. The lowest BCUT2D eigenvalue weighted by molar-refractivity contribution is 0.143. The van der Waals surface area contributed by atoms with Crippen LogP contribution >= 0.6 is 0 Å². The van der Waals surface area contributed by atoms with Gasteiger partial charge in [0.25, 0.3) is 0 Å². The van der Waals surface area contributed by atoms with Crippen molar-refractivity contribution >= 4 is 5.82 Å². The molecular formula is C13H21N3O2. The van der Waals surface area contributed by atoms with Crippen LogP contribution in [0.2, 0.25) is 0 Å². The first-order valence-corrected chi connectivity index (χ1v) is 6.52. The van der Waals surface area contributed by atoms with Crippen LogP contribution in [0.3, 0.4) is 0 Å². The minimum absolute atomic E-state index is 0.592. The molecule has 0 amide bonds. The monoisotopic (exact) mass is 251 g/mol. The molecule has 1 aromatic rings. The minimum atomic E-state index is 0.592. The third-order valence-corrected chi connectivity index (χ3v) is 3.17. The molecule has 2 rings (SSSR count). The maximum Gasteiger partial charge on any atom is 0.218 e. The van der Waals surface area contributed by atoms with Crippen molar-refractivity contribution in [3.05, 3.63) is 12.4 Å². The van der Waals surface area contributed by atoms with Gasteiger partial charge in [-0.15, -0.1) is 0 Å². The molecule has 0 aliphatic carbocycles. The van der Waals surface area contributed by atoms with Gasteiger partial charge in [0.05, 0.1) is 13.2 Å². The van der Waals surface area contributed by atoms with Gasteiger partial charge in [0.1, 0.15) is 12.1 Å². The predicted octanol–water partition coefficient (Wildman–Crippen LogP) is 1.74. The van der Waals surface area contributed by atoms with Crippen LogP contribution in [0.25, 0.3) is 0 Å². The third kappa shape index (κ3) is 3.32. The van der Waals surface area contributed by atoms with Gasteiger partial charge in [0.2, 0.25) is 5.88 Å². The Labute approximate surface area is 108 Å². The summed E-state index contributed by atoms with van der Waals surface area (Å²) in [6.45, 7) is 5.44. The van der Waals surface area contributed by atoms with E-state index in [1.807, 2.05) is 13.0 Å². The van der Waals surface area contributed by atoms with Crippen molar-refractivity contribution in [2.75, 3.05) is 38.3 Å².